The number of guanidine groups is 1. The molecule has 0 atom stereocenters. The van der Waals surface area contributed by atoms with Crippen LogP contribution in [-0.4, -0.2) is 31.7 Å². The molecule has 142 valence electrons. The van der Waals surface area contributed by atoms with Gasteiger partial charge < -0.3 is 15.2 Å². The molecule has 2 aromatic rings. The maximum Gasteiger partial charge on any atom is 0.192 e. The van der Waals surface area contributed by atoms with Crippen LogP contribution in [0.1, 0.15) is 49.4 Å². The number of halogens is 1. The van der Waals surface area contributed by atoms with Crippen molar-refractivity contribution in [2.24, 2.45) is 12.0 Å². The maximum absolute atomic E-state index is 4.71. The minimum Gasteiger partial charge on any atom is -0.354 e. The van der Waals surface area contributed by atoms with E-state index in [0.29, 0.717) is 19.1 Å². The number of hydrogen-bond donors (Lipinski definition) is 2. The van der Waals surface area contributed by atoms with Gasteiger partial charge in [-0.2, -0.15) is 0 Å². The molecule has 3 rings (SSSR count). The third kappa shape index (κ3) is 5.93. The highest BCUT2D eigenvalue weighted by molar-refractivity contribution is 14.0. The molecule has 2 aromatic heterocycles. The zero-order valence-electron chi connectivity index (χ0n) is 15.5. The number of nitrogens with one attached hydrogen (secondary N) is 2. The average molecular weight is 469 g/mol. The highest BCUT2D eigenvalue weighted by Crippen LogP contribution is 2.17. The molecule has 0 bridgehead atoms. The fourth-order valence-electron chi connectivity index (χ4n) is 3.01. The van der Waals surface area contributed by atoms with Crippen LogP contribution in [0, 0.1) is 6.92 Å². The van der Waals surface area contributed by atoms with Crippen molar-refractivity contribution >= 4 is 29.9 Å². The Kier molecular flexibility index (Phi) is 8.27. The van der Waals surface area contributed by atoms with E-state index in [1.807, 2.05) is 36.7 Å². The van der Waals surface area contributed by atoms with E-state index in [0.717, 1.165) is 23.3 Å². The van der Waals surface area contributed by atoms with E-state index in [9.17, 15) is 0 Å². The van der Waals surface area contributed by atoms with Crippen molar-refractivity contribution in [3.8, 4) is 0 Å². The number of aryl methyl sites for hydroxylation is 1. The molecule has 8 heteroatoms. The van der Waals surface area contributed by atoms with Gasteiger partial charge in [0, 0.05) is 19.3 Å². The van der Waals surface area contributed by atoms with Crippen LogP contribution in [-0.2, 0) is 20.1 Å². The minimum atomic E-state index is 0. The summed E-state index contributed by atoms with van der Waals surface area (Å²) < 4.78 is 1.99. The van der Waals surface area contributed by atoms with Crippen molar-refractivity contribution in [1.29, 1.82) is 0 Å². The van der Waals surface area contributed by atoms with Crippen molar-refractivity contribution in [1.82, 2.24) is 30.4 Å². The molecule has 0 spiro atoms. The van der Waals surface area contributed by atoms with Crippen LogP contribution in [0.4, 0.5) is 0 Å². The summed E-state index contributed by atoms with van der Waals surface area (Å²) in [7, 11) is 1.98. The Hall–Kier alpha value is -1.71. The van der Waals surface area contributed by atoms with Gasteiger partial charge in [-0.15, -0.1) is 34.2 Å². The molecule has 7 nitrogen and oxygen atoms in total. The zero-order chi connectivity index (χ0) is 17.5. The second-order valence-corrected chi connectivity index (χ2v) is 6.54. The lowest BCUT2D eigenvalue weighted by molar-refractivity contribution is 0.409. The summed E-state index contributed by atoms with van der Waals surface area (Å²) in [6.07, 6.45) is 8.11. The lowest BCUT2D eigenvalue weighted by atomic mass is 9.96. The fourth-order valence-corrected chi connectivity index (χ4v) is 3.01. The van der Waals surface area contributed by atoms with Crippen molar-refractivity contribution < 1.29 is 0 Å². The molecule has 1 saturated carbocycles. The van der Waals surface area contributed by atoms with Gasteiger partial charge in [-0.3, -0.25) is 4.98 Å². The highest BCUT2D eigenvalue weighted by Gasteiger charge is 2.15. The fraction of sp³-hybridized carbons (Fsp3) is 0.556. The molecule has 0 radical (unpaired) electrons. The molecule has 2 heterocycles. The number of aliphatic imine (C=N–C) groups is 1. The van der Waals surface area contributed by atoms with Crippen molar-refractivity contribution in [3.05, 3.63) is 41.7 Å². The third-order valence-electron chi connectivity index (χ3n) is 4.67. The first-order chi connectivity index (χ1) is 12.2. The van der Waals surface area contributed by atoms with E-state index in [4.69, 9.17) is 4.99 Å². The van der Waals surface area contributed by atoms with Crippen LogP contribution in [0.3, 0.4) is 0 Å². The molecule has 1 aliphatic rings. The van der Waals surface area contributed by atoms with E-state index >= 15 is 0 Å². The lowest BCUT2D eigenvalue weighted by Gasteiger charge is -2.25. The Labute approximate surface area is 172 Å². The summed E-state index contributed by atoms with van der Waals surface area (Å²) in [4.78, 5) is 9.06. The van der Waals surface area contributed by atoms with Crippen LogP contribution in [0.2, 0.25) is 0 Å². The van der Waals surface area contributed by atoms with E-state index < -0.39 is 0 Å². The largest absolute Gasteiger partial charge is 0.354 e. The predicted octanol–water partition coefficient (Wildman–Crippen LogP) is 2.70. The van der Waals surface area contributed by atoms with Crippen molar-refractivity contribution in [2.75, 3.05) is 0 Å². The van der Waals surface area contributed by atoms with E-state index in [-0.39, 0.29) is 24.0 Å². The second kappa shape index (κ2) is 10.4. The number of pyridine rings is 1. The lowest BCUT2D eigenvalue weighted by Crippen LogP contribution is -2.44. The quantitative estimate of drug-likeness (QED) is 0.400. The molecule has 0 aliphatic heterocycles. The first kappa shape index (κ1) is 20.6. The molecule has 1 aliphatic carbocycles. The van der Waals surface area contributed by atoms with Gasteiger partial charge in [0.1, 0.15) is 5.82 Å². The smallest absolute Gasteiger partial charge is 0.192 e. The first-order valence-electron chi connectivity index (χ1n) is 9.02. The van der Waals surface area contributed by atoms with Gasteiger partial charge in [0.15, 0.2) is 11.8 Å². The van der Waals surface area contributed by atoms with Crippen LogP contribution in [0.15, 0.2) is 29.4 Å². The molecule has 0 amide bonds. The van der Waals surface area contributed by atoms with Crippen LogP contribution in [0.25, 0.3) is 0 Å². The standard InChI is InChI=1S/C18H27N7.HI/c1-14-23-24-17(25(14)2)13-21-18(22-15-8-4-3-5-9-15)20-12-16-10-6-7-11-19-16;/h6-7,10-11,15H,3-5,8-9,12-13H2,1-2H3,(H2,20,21,22);1H. The minimum absolute atomic E-state index is 0. The van der Waals surface area contributed by atoms with Crippen LogP contribution < -0.4 is 10.6 Å². The van der Waals surface area contributed by atoms with Crippen LogP contribution >= 0.6 is 24.0 Å². The topological polar surface area (TPSA) is 80.0 Å². The molecular formula is C18H28IN7. The normalized spacial score (nSPS) is 15.4. The summed E-state index contributed by atoms with van der Waals surface area (Å²) in [5.74, 6) is 2.62. The molecule has 0 aromatic carbocycles. The summed E-state index contributed by atoms with van der Waals surface area (Å²) >= 11 is 0. The summed E-state index contributed by atoms with van der Waals surface area (Å²) in [5.41, 5.74) is 0.960. The molecule has 0 unspecified atom stereocenters. The Morgan fingerprint density at radius 2 is 2.04 bits per heavy atom. The number of aromatic nitrogens is 4. The summed E-state index contributed by atoms with van der Waals surface area (Å²) in [6, 6.07) is 6.39. The predicted molar refractivity (Wildman–Crippen MR) is 113 cm³/mol. The number of nitrogens with zero attached hydrogens (tertiary/aromatic N) is 5. The molecular weight excluding hydrogens is 441 g/mol. The number of rotatable bonds is 5. The average Bonchev–Trinajstić information content (AvgIpc) is 2.97. The van der Waals surface area contributed by atoms with Gasteiger partial charge in [-0.05, 0) is 31.9 Å². The van der Waals surface area contributed by atoms with Gasteiger partial charge in [-0.1, -0.05) is 25.3 Å². The summed E-state index contributed by atoms with van der Waals surface area (Å²) in [6.45, 7) is 3.10. The monoisotopic (exact) mass is 469 g/mol. The Morgan fingerprint density at radius 3 is 2.69 bits per heavy atom. The number of hydrogen-bond acceptors (Lipinski definition) is 4. The zero-order valence-corrected chi connectivity index (χ0v) is 17.8. The van der Waals surface area contributed by atoms with E-state index in [2.05, 4.69) is 25.8 Å². The first-order valence-corrected chi connectivity index (χ1v) is 9.02. The molecule has 0 saturated heterocycles. The van der Waals surface area contributed by atoms with Gasteiger partial charge in [-0.25, -0.2) is 4.99 Å². The van der Waals surface area contributed by atoms with E-state index in [1.165, 1.54) is 32.1 Å². The van der Waals surface area contributed by atoms with E-state index in [1.54, 1.807) is 6.20 Å². The Balaban J connectivity index is 0.00000243. The molecule has 1 fully saturated rings. The highest BCUT2D eigenvalue weighted by atomic mass is 127. The van der Waals surface area contributed by atoms with Crippen molar-refractivity contribution in [3.63, 3.8) is 0 Å². The van der Waals surface area contributed by atoms with Gasteiger partial charge in [0.2, 0.25) is 0 Å². The van der Waals surface area contributed by atoms with Crippen LogP contribution in [0.5, 0.6) is 0 Å². The maximum atomic E-state index is 4.71. The second-order valence-electron chi connectivity index (χ2n) is 6.54. The van der Waals surface area contributed by atoms with Gasteiger partial charge in [0.05, 0.1) is 18.8 Å². The Morgan fingerprint density at radius 1 is 1.23 bits per heavy atom. The Bertz CT molecular complexity index is 693. The SMILES string of the molecule is Cc1nnc(CNC(=NCc2ccccn2)NC2CCCCC2)n1C.I. The summed E-state index contributed by atoms with van der Waals surface area (Å²) in [5, 5.41) is 15.3. The van der Waals surface area contributed by atoms with Gasteiger partial charge in [0.25, 0.3) is 0 Å². The van der Waals surface area contributed by atoms with Crippen molar-refractivity contribution in [2.45, 2.75) is 58.2 Å². The van der Waals surface area contributed by atoms with Gasteiger partial charge >= 0.3 is 0 Å². The third-order valence-corrected chi connectivity index (χ3v) is 4.67. The molecule has 26 heavy (non-hydrogen) atoms. The molecule has 2 N–H and O–H groups in total.